The molecule has 0 aliphatic carbocycles. The first-order valence-electron chi connectivity index (χ1n) is 7.38. The smallest absolute Gasteiger partial charge is 0.251 e. The predicted octanol–water partition coefficient (Wildman–Crippen LogP) is 2.08. The van der Waals surface area contributed by atoms with Crippen molar-refractivity contribution in [2.45, 2.75) is 13.5 Å². The van der Waals surface area contributed by atoms with E-state index < -0.39 is 0 Å². The summed E-state index contributed by atoms with van der Waals surface area (Å²) in [6.45, 7) is 3.03. The first-order chi connectivity index (χ1) is 11.3. The molecule has 0 aliphatic rings. The van der Waals surface area contributed by atoms with Crippen molar-refractivity contribution >= 4 is 5.91 Å². The normalized spacial score (nSPS) is 10.5. The molecule has 0 radical (unpaired) electrons. The minimum absolute atomic E-state index is 0.0688. The number of hydrogen-bond donors (Lipinski definition) is 1. The van der Waals surface area contributed by atoms with Gasteiger partial charge < -0.3 is 9.88 Å². The van der Waals surface area contributed by atoms with Crippen LogP contribution in [-0.4, -0.2) is 32.0 Å². The zero-order valence-corrected chi connectivity index (χ0v) is 12.8. The van der Waals surface area contributed by atoms with Gasteiger partial charge in [-0.15, -0.1) is 0 Å². The van der Waals surface area contributed by atoms with E-state index in [1.54, 1.807) is 24.7 Å². The molecule has 0 bridgehead atoms. The van der Waals surface area contributed by atoms with Gasteiger partial charge in [0.05, 0.1) is 0 Å². The van der Waals surface area contributed by atoms with Crippen molar-refractivity contribution < 1.29 is 4.79 Å². The quantitative estimate of drug-likeness (QED) is 0.783. The first-order valence-corrected chi connectivity index (χ1v) is 7.38. The molecule has 0 saturated heterocycles. The van der Waals surface area contributed by atoms with Gasteiger partial charge in [0, 0.05) is 43.4 Å². The third-order valence-electron chi connectivity index (χ3n) is 3.51. The van der Waals surface area contributed by atoms with Crippen LogP contribution in [-0.2, 0) is 6.54 Å². The second kappa shape index (κ2) is 6.83. The van der Waals surface area contributed by atoms with Gasteiger partial charge in [-0.25, -0.2) is 15.0 Å². The summed E-state index contributed by atoms with van der Waals surface area (Å²) in [5.41, 5.74) is 1.66. The Kier molecular flexibility index (Phi) is 4.42. The van der Waals surface area contributed by atoms with E-state index in [4.69, 9.17) is 0 Å². The maximum atomic E-state index is 12.2. The molecule has 0 fully saturated rings. The van der Waals surface area contributed by atoms with Crippen molar-refractivity contribution in [1.82, 2.24) is 24.8 Å². The summed E-state index contributed by atoms with van der Waals surface area (Å²) in [5.74, 6) is 1.19. The Morgan fingerprint density at radius 1 is 1.09 bits per heavy atom. The molecular formula is C17H17N5O. The van der Waals surface area contributed by atoms with E-state index in [0.29, 0.717) is 30.3 Å². The van der Waals surface area contributed by atoms with E-state index in [1.165, 1.54) is 0 Å². The lowest BCUT2D eigenvalue weighted by Crippen LogP contribution is -2.27. The Morgan fingerprint density at radius 2 is 1.87 bits per heavy atom. The number of nitrogens with zero attached hydrogens (tertiary/aromatic N) is 4. The molecule has 1 N–H and O–H groups in total. The molecule has 0 unspecified atom stereocenters. The summed E-state index contributed by atoms with van der Waals surface area (Å²) in [6.07, 6.45) is 6.92. The summed E-state index contributed by atoms with van der Waals surface area (Å²) in [5, 5.41) is 2.93. The topological polar surface area (TPSA) is 72.7 Å². The van der Waals surface area contributed by atoms with Crippen molar-refractivity contribution in [3.63, 3.8) is 0 Å². The Labute approximate surface area is 134 Å². The molecule has 0 spiro atoms. The summed E-state index contributed by atoms with van der Waals surface area (Å²) >= 11 is 0. The van der Waals surface area contributed by atoms with E-state index >= 15 is 0 Å². The van der Waals surface area contributed by atoms with Crippen LogP contribution in [0.15, 0.2) is 55.1 Å². The zero-order valence-electron chi connectivity index (χ0n) is 12.8. The second-order valence-electron chi connectivity index (χ2n) is 5.09. The van der Waals surface area contributed by atoms with E-state index in [-0.39, 0.29) is 5.91 Å². The van der Waals surface area contributed by atoms with Crippen LogP contribution in [0.5, 0.6) is 0 Å². The molecule has 3 aromatic rings. The predicted molar refractivity (Wildman–Crippen MR) is 86.8 cm³/mol. The molecule has 6 nitrogen and oxygen atoms in total. The molecule has 1 amide bonds. The molecule has 0 aliphatic heterocycles. The molecule has 1 aromatic carbocycles. The van der Waals surface area contributed by atoms with Crippen molar-refractivity contribution in [3.8, 4) is 11.6 Å². The lowest BCUT2D eigenvalue weighted by molar-refractivity contribution is 0.0951. The summed E-state index contributed by atoms with van der Waals surface area (Å²) in [6, 6.07) is 9.30. The molecule has 116 valence electrons. The van der Waals surface area contributed by atoms with Crippen LogP contribution in [0.25, 0.3) is 11.6 Å². The highest BCUT2D eigenvalue weighted by Gasteiger charge is 2.10. The average molecular weight is 307 g/mol. The number of aromatic nitrogens is 4. The number of benzene rings is 1. The van der Waals surface area contributed by atoms with Gasteiger partial charge in [0.25, 0.3) is 5.91 Å². The summed E-state index contributed by atoms with van der Waals surface area (Å²) < 4.78 is 1.92. The lowest BCUT2D eigenvalue weighted by atomic mass is 10.1. The van der Waals surface area contributed by atoms with Crippen LogP contribution in [0.4, 0.5) is 0 Å². The minimum Gasteiger partial charge on any atom is -0.350 e. The highest BCUT2D eigenvalue weighted by Crippen LogP contribution is 2.11. The van der Waals surface area contributed by atoms with E-state index in [2.05, 4.69) is 20.3 Å². The molecule has 6 heteroatoms. The van der Waals surface area contributed by atoms with Gasteiger partial charge in [-0.1, -0.05) is 18.2 Å². The van der Waals surface area contributed by atoms with Gasteiger partial charge in [-0.05, 0) is 24.6 Å². The zero-order chi connectivity index (χ0) is 16.1. The number of nitrogens with one attached hydrogen (secondary N) is 1. The van der Waals surface area contributed by atoms with Crippen LogP contribution < -0.4 is 5.32 Å². The van der Waals surface area contributed by atoms with Crippen molar-refractivity contribution in [1.29, 1.82) is 0 Å². The number of carbonyl (C=O) groups excluding carboxylic acids is 1. The molecule has 2 heterocycles. The fraction of sp³-hybridized carbons (Fsp3) is 0.176. The number of carbonyl (C=O) groups is 1. The standard InChI is InChI=1S/C17H17N5O/c1-13-5-2-3-6-14(13)17(23)21-10-12-22-11-9-20-16(22)15-18-7-4-8-19-15/h2-9,11H,10,12H2,1H3,(H,21,23). The highest BCUT2D eigenvalue weighted by molar-refractivity contribution is 5.95. The van der Waals surface area contributed by atoms with Gasteiger partial charge in [0.2, 0.25) is 0 Å². The van der Waals surface area contributed by atoms with Gasteiger partial charge in [0.1, 0.15) is 0 Å². The fourth-order valence-electron chi connectivity index (χ4n) is 2.32. The van der Waals surface area contributed by atoms with Crippen molar-refractivity contribution in [2.24, 2.45) is 0 Å². The van der Waals surface area contributed by atoms with Crippen LogP contribution in [0.2, 0.25) is 0 Å². The van der Waals surface area contributed by atoms with E-state index in [0.717, 1.165) is 5.56 Å². The Bertz CT molecular complexity index is 798. The molecule has 0 atom stereocenters. The second-order valence-corrected chi connectivity index (χ2v) is 5.09. The van der Waals surface area contributed by atoms with Gasteiger partial charge in [-0.2, -0.15) is 0 Å². The number of amides is 1. The molecule has 3 rings (SSSR count). The van der Waals surface area contributed by atoms with Crippen LogP contribution >= 0.6 is 0 Å². The number of imidazole rings is 1. The Balaban J connectivity index is 1.63. The SMILES string of the molecule is Cc1ccccc1C(=O)NCCn1ccnc1-c1ncccn1. The number of aryl methyl sites for hydroxylation is 1. The third-order valence-corrected chi connectivity index (χ3v) is 3.51. The Morgan fingerprint density at radius 3 is 2.65 bits per heavy atom. The van der Waals surface area contributed by atoms with Gasteiger partial charge in [-0.3, -0.25) is 4.79 Å². The largest absolute Gasteiger partial charge is 0.350 e. The number of rotatable bonds is 5. The maximum absolute atomic E-state index is 12.2. The monoisotopic (exact) mass is 307 g/mol. The highest BCUT2D eigenvalue weighted by atomic mass is 16.1. The van der Waals surface area contributed by atoms with Gasteiger partial charge >= 0.3 is 0 Å². The molecule has 2 aromatic heterocycles. The minimum atomic E-state index is -0.0688. The van der Waals surface area contributed by atoms with Crippen molar-refractivity contribution in [2.75, 3.05) is 6.54 Å². The maximum Gasteiger partial charge on any atom is 0.251 e. The molecule has 0 saturated carbocycles. The lowest BCUT2D eigenvalue weighted by Gasteiger charge is -2.09. The van der Waals surface area contributed by atoms with Crippen LogP contribution in [0.1, 0.15) is 15.9 Å². The molecule has 23 heavy (non-hydrogen) atoms. The molecular weight excluding hydrogens is 290 g/mol. The number of hydrogen-bond acceptors (Lipinski definition) is 4. The first kappa shape index (κ1) is 14.9. The third kappa shape index (κ3) is 3.42. The van der Waals surface area contributed by atoms with Crippen LogP contribution in [0, 0.1) is 6.92 Å². The summed E-state index contributed by atoms with van der Waals surface area (Å²) in [4.78, 5) is 24.9. The summed E-state index contributed by atoms with van der Waals surface area (Å²) in [7, 11) is 0. The van der Waals surface area contributed by atoms with Crippen molar-refractivity contribution in [3.05, 3.63) is 66.2 Å². The van der Waals surface area contributed by atoms with E-state index in [1.807, 2.05) is 42.0 Å². The Hall–Kier alpha value is -3.02. The van der Waals surface area contributed by atoms with Crippen LogP contribution in [0.3, 0.4) is 0 Å². The average Bonchev–Trinajstić information content (AvgIpc) is 3.04. The van der Waals surface area contributed by atoms with E-state index in [9.17, 15) is 4.79 Å². The fourth-order valence-corrected chi connectivity index (χ4v) is 2.32. The van der Waals surface area contributed by atoms with Gasteiger partial charge in [0.15, 0.2) is 11.6 Å².